The maximum Gasteiger partial charge on any atom is 0.191 e. The molecule has 6 nitrogen and oxygen atoms in total. The van der Waals surface area contributed by atoms with Gasteiger partial charge in [-0.25, -0.2) is 8.78 Å². The van der Waals surface area contributed by atoms with Gasteiger partial charge in [0.2, 0.25) is 0 Å². The van der Waals surface area contributed by atoms with Crippen LogP contribution in [0.3, 0.4) is 0 Å². The van der Waals surface area contributed by atoms with Crippen molar-refractivity contribution in [3.8, 4) is 0 Å². The quantitative estimate of drug-likeness (QED) is 0.660. The molecule has 3 rings (SSSR count). The minimum atomic E-state index is -0.466. The molecule has 1 aromatic heterocycles. The highest BCUT2D eigenvalue weighted by Crippen LogP contribution is 2.14. The minimum absolute atomic E-state index is 0.140. The number of aryl methyl sites for hydroxylation is 1. The number of nitrogens with one attached hydrogen (secondary N) is 2. The third-order valence-electron chi connectivity index (χ3n) is 4.03. The molecule has 1 aliphatic heterocycles. The zero-order valence-corrected chi connectivity index (χ0v) is 13.5. The van der Waals surface area contributed by atoms with Gasteiger partial charge in [0.25, 0.3) is 0 Å². The summed E-state index contributed by atoms with van der Waals surface area (Å²) < 4.78 is 28.9. The van der Waals surface area contributed by atoms with Crippen molar-refractivity contribution < 1.29 is 8.78 Å². The lowest BCUT2D eigenvalue weighted by atomic mass is 10.2. The monoisotopic (exact) mass is 334 g/mol. The van der Waals surface area contributed by atoms with E-state index in [4.69, 9.17) is 0 Å². The number of guanidine groups is 1. The van der Waals surface area contributed by atoms with E-state index in [0.717, 1.165) is 49.6 Å². The molecule has 0 unspecified atom stereocenters. The summed E-state index contributed by atoms with van der Waals surface area (Å²) in [6.45, 7) is 1.54. The molecule has 0 atom stereocenters. The molecule has 2 aromatic rings. The first kappa shape index (κ1) is 16.4. The molecular formula is C16H20F2N6. The van der Waals surface area contributed by atoms with E-state index < -0.39 is 11.6 Å². The Morgan fingerprint density at radius 1 is 1.21 bits per heavy atom. The molecule has 0 fully saturated rings. The van der Waals surface area contributed by atoms with Crippen LogP contribution in [0.25, 0.3) is 0 Å². The number of rotatable bonds is 4. The summed E-state index contributed by atoms with van der Waals surface area (Å²) in [5.74, 6) is 1.44. The predicted molar refractivity (Wildman–Crippen MR) is 86.4 cm³/mol. The summed E-state index contributed by atoms with van der Waals surface area (Å²) >= 11 is 0. The van der Waals surface area contributed by atoms with E-state index in [1.54, 1.807) is 7.05 Å². The van der Waals surface area contributed by atoms with Gasteiger partial charge in [-0.2, -0.15) is 0 Å². The van der Waals surface area contributed by atoms with Crippen molar-refractivity contribution in [2.24, 2.45) is 4.99 Å². The lowest BCUT2D eigenvalue weighted by Gasteiger charge is -2.16. The first-order valence-electron chi connectivity index (χ1n) is 7.97. The van der Waals surface area contributed by atoms with Crippen molar-refractivity contribution >= 4 is 5.96 Å². The number of halogens is 2. The Kier molecular flexibility index (Phi) is 5.02. The number of benzene rings is 1. The molecule has 0 saturated heterocycles. The number of nitrogens with zero attached hydrogens (tertiary/aromatic N) is 4. The van der Waals surface area contributed by atoms with Gasteiger partial charge in [0.05, 0.1) is 6.54 Å². The van der Waals surface area contributed by atoms with E-state index in [9.17, 15) is 8.78 Å². The van der Waals surface area contributed by atoms with Gasteiger partial charge in [-0.15, -0.1) is 10.2 Å². The van der Waals surface area contributed by atoms with Gasteiger partial charge in [-0.1, -0.05) is 0 Å². The van der Waals surface area contributed by atoms with Crippen LogP contribution in [-0.4, -0.2) is 27.8 Å². The molecule has 0 amide bonds. The molecule has 24 heavy (non-hydrogen) atoms. The van der Waals surface area contributed by atoms with Crippen LogP contribution in [0.5, 0.6) is 0 Å². The molecule has 128 valence electrons. The predicted octanol–water partition coefficient (Wildman–Crippen LogP) is 1.76. The Bertz CT molecular complexity index is 740. The zero-order chi connectivity index (χ0) is 16.9. The molecular weight excluding hydrogens is 314 g/mol. The van der Waals surface area contributed by atoms with Gasteiger partial charge in [-0.05, 0) is 31.0 Å². The van der Waals surface area contributed by atoms with Crippen LogP contribution < -0.4 is 10.6 Å². The largest absolute Gasteiger partial charge is 0.352 e. The number of hydrogen-bond donors (Lipinski definition) is 2. The van der Waals surface area contributed by atoms with E-state index in [-0.39, 0.29) is 12.1 Å². The van der Waals surface area contributed by atoms with Crippen molar-refractivity contribution in [1.82, 2.24) is 25.4 Å². The molecule has 1 aliphatic rings. The Morgan fingerprint density at radius 2 is 2.04 bits per heavy atom. The Labute approximate surface area is 139 Å². The summed E-state index contributed by atoms with van der Waals surface area (Å²) in [6, 6.07) is 3.38. The standard InChI is InChI=1S/C16H20F2N6/c1-19-16(20-9-11-8-12(17)5-6-13(11)18)21-10-15-23-22-14-4-2-3-7-24(14)15/h5-6,8H,2-4,7,9-10H2,1H3,(H2,19,20,21). The minimum Gasteiger partial charge on any atom is -0.352 e. The average molecular weight is 334 g/mol. The second-order valence-corrected chi connectivity index (χ2v) is 5.66. The number of hydrogen-bond acceptors (Lipinski definition) is 3. The Hall–Kier alpha value is -2.51. The highest BCUT2D eigenvalue weighted by Gasteiger charge is 2.15. The van der Waals surface area contributed by atoms with E-state index >= 15 is 0 Å². The van der Waals surface area contributed by atoms with Gasteiger partial charge in [0.15, 0.2) is 11.8 Å². The van der Waals surface area contributed by atoms with Crippen LogP contribution in [0.1, 0.15) is 30.1 Å². The van der Waals surface area contributed by atoms with Crippen LogP contribution in [0.4, 0.5) is 8.78 Å². The third kappa shape index (κ3) is 3.69. The Balaban J connectivity index is 1.57. The molecule has 8 heteroatoms. The lowest BCUT2D eigenvalue weighted by Crippen LogP contribution is -2.37. The van der Waals surface area contributed by atoms with E-state index in [1.165, 1.54) is 6.07 Å². The maximum atomic E-state index is 13.6. The van der Waals surface area contributed by atoms with Gasteiger partial charge in [-0.3, -0.25) is 4.99 Å². The summed E-state index contributed by atoms with van der Waals surface area (Å²) in [5.41, 5.74) is 0.248. The fourth-order valence-electron chi connectivity index (χ4n) is 2.74. The third-order valence-corrected chi connectivity index (χ3v) is 4.03. The van der Waals surface area contributed by atoms with E-state index in [2.05, 4.69) is 30.4 Å². The van der Waals surface area contributed by atoms with Crippen molar-refractivity contribution in [2.45, 2.75) is 38.9 Å². The van der Waals surface area contributed by atoms with Crippen LogP contribution in [0, 0.1) is 11.6 Å². The summed E-state index contributed by atoms with van der Waals surface area (Å²) in [4.78, 5) is 4.09. The van der Waals surface area contributed by atoms with Gasteiger partial charge < -0.3 is 15.2 Å². The molecule has 0 spiro atoms. The van der Waals surface area contributed by atoms with E-state index in [0.29, 0.717) is 12.5 Å². The molecule has 0 saturated carbocycles. The van der Waals surface area contributed by atoms with Crippen LogP contribution >= 0.6 is 0 Å². The van der Waals surface area contributed by atoms with Crippen molar-refractivity contribution in [3.05, 3.63) is 47.0 Å². The maximum absolute atomic E-state index is 13.6. The molecule has 0 radical (unpaired) electrons. The van der Waals surface area contributed by atoms with Gasteiger partial charge >= 0.3 is 0 Å². The first-order valence-corrected chi connectivity index (χ1v) is 7.97. The summed E-state index contributed by atoms with van der Waals surface area (Å²) in [5, 5.41) is 14.5. The second-order valence-electron chi connectivity index (χ2n) is 5.66. The van der Waals surface area contributed by atoms with Crippen molar-refractivity contribution in [3.63, 3.8) is 0 Å². The fraction of sp³-hybridized carbons (Fsp3) is 0.438. The summed E-state index contributed by atoms with van der Waals surface area (Å²) in [6.07, 6.45) is 3.23. The molecule has 2 heterocycles. The topological polar surface area (TPSA) is 67.1 Å². The fourth-order valence-corrected chi connectivity index (χ4v) is 2.74. The molecule has 0 bridgehead atoms. The molecule has 2 N–H and O–H groups in total. The normalized spacial score (nSPS) is 14.4. The van der Waals surface area contributed by atoms with Crippen LogP contribution in [0.15, 0.2) is 23.2 Å². The van der Waals surface area contributed by atoms with E-state index in [1.807, 2.05) is 0 Å². The summed E-state index contributed by atoms with van der Waals surface area (Å²) in [7, 11) is 1.62. The van der Waals surface area contributed by atoms with Crippen molar-refractivity contribution in [1.29, 1.82) is 0 Å². The van der Waals surface area contributed by atoms with Gasteiger partial charge in [0.1, 0.15) is 17.5 Å². The smallest absolute Gasteiger partial charge is 0.191 e. The highest BCUT2D eigenvalue weighted by molar-refractivity contribution is 5.79. The second kappa shape index (κ2) is 7.37. The average Bonchev–Trinajstić information content (AvgIpc) is 3.01. The molecule has 0 aliphatic carbocycles. The number of fused-ring (bicyclic) bond motifs is 1. The number of aliphatic imine (C=N–C) groups is 1. The van der Waals surface area contributed by atoms with Crippen LogP contribution in [-0.2, 0) is 26.1 Å². The SMILES string of the molecule is CN=C(NCc1cc(F)ccc1F)NCc1nnc2n1CCCC2. The van der Waals surface area contributed by atoms with Crippen molar-refractivity contribution in [2.75, 3.05) is 7.05 Å². The number of aromatic nitrogens is 3. The lowest BCUT2D eigenvalue weighted by molar-refractivity contribution is 0.504. The van der Waals surface area contributed by atoms with Gasteiger partial charge in [0, 0.05) is 32.1 Å². The zero-order valence-electron chi connectivity index (χ0n) is 13.5. The first-order chi connectivity index (χ1) is 11.7. The Morgan fingerprint density at radius 3 is 2.88 bits per heavy atom. The van der Waals surface area contributed by atoms with Crippen LogP contribution in [0.2, 0.25) is 0 Å². The molecule has 1 aromatic carbocycles. The highest BCUT2D eigenvalue weighted by atomic mass is 19.1.